The van der Waals surface area contributed by atoms with E-state index in [2.05, 4.69) is 6.92 Å². The Morgan fingerprint density at radius 2 is 1.67 bits per heavy atom. The van der Waals surface area contributed by atoms with E-state index in [9.17, 15) is 10.0 Å². The van der Waals surface area contributed by atoms with Gasteiger partial charge < -0.3 is 10.0 Å². The van der Waals surface area contributed by atoms with E-state index in [1.54, 1.807) is 0 Å². The lowest BCUT2D eigenvalue weighted by Crippen LogP contribution is -2.46. The Labute approximate surface area is 130 Å². The minimum absolute atomic E-state index is 0.168. The molecule has 0 aromatic heterocycles. The number of rotatable bonds is 4. The summed E-state index contributed by atoms with van der Waals surface area (Å²) in [6.07, 6.45) is 14.7. The fourth-order valence-corrected chi connectivity index (χ4v) is 6.09. The van der Waals surface area contributed by atoms with Crippen molar-refractivity contribution in [3.63, 3.8) is 0 Å². The molecule has 0 aromatic carbocycles. The number of hydrogen-bond donors (Lipinski definition) is 2. The normalized spacial score (nSPS) is 43.0. The molecule has 6 unspecified atom stereocenters. The van der Waals surface area contributed by atoms with Gasteiger partial charge in [-0.25, -0.2) is 0 Å². The summed E-state index contributed by atoms with van der Waals surface area (Å²) in [6.45, 7) is 2.29. The van der Waals surface area contributed by atoms with Crippen LogP contribution < -0.4 is 0 Å². The van der Waals surface area contributed by atoms with Crippen molar-refractivity contribution in [2.45, 2.75) is 83.4 Å². The van der Waals surface area contributed by atoms with Gasteiger partial charge >= 0.3 is 7.12 Å². The van der Waals surface area contributed by atoms with Gasteiger partial charge in [-0.1, -0.05) is 51.9 Å². The molecule has 3 aliphatic rings. The van der Waals surface area contributed by atoms with Crippen LogP contribution in [0.4, 0.5) is 0 Å². The second-order valence-electron chi connectivity index (χ2n) is 8.17. The molecule has 0 aromatic rings. The molecule has 3 heteroatoms. The summed E-state index contributed by atoms with van der Waals surface area (Å²) in [7, 11) is -1.08. The first kappa shape index (κ1) is 15.9. The van der Waals surface area contributed by atoms with Crippen molar-refractivity contribution in [2.75, 3.05) is 0 Å². The molecular formula is C18H33BO2. The van der Waals surface area contributed by atoms with Crippen molar-refractivity contribution in [2.24, 2.45) is 29.6 Å². The lowest BCUT2D eigenvalue weighted by Gasteiger charge is -2.52. The molecule has 6 atom stereocenters. The summed E-state index contributed by atoms with van der Waals surface area (Å²) in [5.74, 6) is 4.18. The molecule has 0 radical (unpaired) electrons. The maximum atomic E-state index is 9.87. The Morgan fingerprint density at radius 1 is 0.905 bits per heavy atom. The van der Waals surface area contributed by atoms with Crippen molar-refractivity contribution in [3.8, 4) is 0 Å². The molecule has 3 fully saturated rings. The summed E-state index contributed by atoms with van der Waals surface area (Å²) in [4.78, 5) is 0. The first-order valence-corrected chi connectivity index (χ1v) is 9.56. The Balaban J connectivity index is 1.69. The molecule has 0 spiro atoms. The third-order valence-electron chi connectivity index (χ3n) is 7.05. The summed E-state index contributed by atoms with van der Waals surface area (Å²) >= 11 is 0. The Kier molecular flexibility index (Phi) is 5.32. The summed E-state index contributed by atoms with van der Waals surface area (Å²) in [6, 6.07) is 0. The second-order valence-corrected chi connectivity index (χ2v) is 8.17. The van der Waals surface area contributed by atoms with E-state index in [0.29, 0.717) is 5.92 Å². The van der Waals surface area contributed by atoms with Gasteiger partial charge in [0.05, 0.1) is 0 Å². The third-order valence-corrected chi connectivity index (χ3v) is 7.05. The summed E-state index contributed by atoms with van der Waals surface area (Å²) < 4.78 is 0. The van der Waals surface area contributed by atoms with Crippen LogP contribution in [0.15, 0.2) is 0 Å². The number of unbranched alkanes of at least 4 members (excludes halogenated alkanes) is 1. The van der Waals surface area contributed by atoms with E-state index in [0.717, 1.165) is 30.1 Å². The minimum Gasteiger partial charge on any atom is -0.427 e. The van der Waals surface area contributed by atoms with Crippen molar-refractivity contribution >= 4 is 7.12 Å². The predicted molar refractivity (Wildman–Crippen MR) is 87.9 cm³/mol. The van der Waals surface area contributed by atoms with Crippen LogP contribution >= 0.6 is 0 Å². The maximum absolute atomic E-state index is 9.87. The molecule has 0 bridgehead atoms. The number of hydrogen-bond acceptors (Lipinski definition) is 2. The molecule has 0 aliphatic heterocycles. The zero-order valence-corrected chi connectivity index (χ0v) is 13.7. The van der Waals surface area contributed by atoms with Gasteiger partial charge in [0.1, 0.15) is 0 Å². The number of fused-ring (bicyclic) bond motifs is 3. The van der Waals surface area contributed by atoms with Crippen LogP contribution in [-0.2, 0) is 0 Å². The molecular weight excluding hydrogens is 259 g/mol. The average molecular weight is 292 g/mol. The van der Waals surface area contributed by atoms with Crippen LogP contribution in [0.3, 0.4) is 0 Å². The van der Waals surface area contributed by atoms with Crippen LogP contribution in [0.25, 0.3) is 0 Å². The first-order valence-electron chi connectivity index (χ1n) is 9.56. The minimum atomic E-state index is -1.08. The monoisotopic (exact) mass is 292 g/mol. The smallest absolute Gasteiger partial charge is 0.427 e. The van der Waals surface area contributed by atoms with Crippen LogP contribution in [0.5, 0.6) is 0 Å². The summed E-state index contributed by atoms with van der Waals surface area (Å²) in [5.41, 5.74) is 0. The van der Waals surface area contributed by atoms with Crippen molar-refractivity contribution in [1.82, 2.24) is 0 Å². The highest BCUT2D eigenvalue weighted by Gasteiger charge is 2.49. The van der Waals surface area contributed by atoms with Gasteiger partial charge in [-0.15, -0.1) is 0 Å². The van der Waals surface area contributed by atoms with Crippen LogP contribution in [-0.4, -0.2) is 17.2 Å². The maximum Gasteiger partial charge on any atom is 0.455 e. The van der Waals surface area contributed by atoms with E-state index in [1.165, 1.54) is 64.2 Å². The van der Waals surface area contributed by atoms with Gasteiger partial charge in [0, 0.05) is 0 Å². The van der Waals surface area contributed by atoms with Crippen molar-refractivity contribution in [1.29, 1.82) is 0 Å². The van der Waals surface area contributed by atoms with Gasteiger partial charge in [0.25, 0.3) is 0 Å². The Morgan fingerprint density at radius 3 is 2.38 bits per heavy atom. The predicted octanol–water partition coefficient (Wildman–Crippen LogP) is 4.26. The quantitative estimate of drug-likeness (QED) is 0.760. The molecule has 21 heavy (non-hydrogen) atoms. The molecule has 120 valence electrons. The van der Waals surface area contributed by atoms with Crippen LogP contribution in [0, 0.1) is 29.6 Å². The SMILES string of the molecule is CCCCC1CCC2C(C1)CC(B(O)O)C1CCCCC21. The van der Waals surface area contributed by atoms with E-state index < -0.39 is 7.12 Å². The van der Waals surface area contributed by atoms with Gasteiger partial charge in [0.2, 0.25) is 0 Å². The highest BCUT2D eigenvalue weighted by atomic mass is 16.4. The van der Waals surface area contributed by atoms with Gasteiger partial charge in [0.15, 0.2) is 0 Å². The van der Waals surface area contributed by atoms with E-state index in [-0.39, 0.29) is 5.82 Å². The summed E-state index contributed by atoms with van der Waals surface area (Å²) in [5, 5.41) is 19.7. The molecule has 2 nitrogen and oxygen atoms in total. The van der Waals surface area contributed by atoms with Crippen LogP contribution in [0.1, 0.15) is 77.6 Å². The first-order chi connectivity index (χ1) is 10.2. The lowest BCUT2D eigenvalue weighted by atomic mass is 9.46. The average Bonchev–Trinajstić information content (AvgIpc) is 2.51. The zero-order valence-electron chi connectivity index (χ0n) is 13.7. The van der Waals surface area contributed by atoms with E-state index in [1.807, 2.05) is 0 Å². The highest BCUT2D eigenvalue weighted by molar-refractivity contribution is 6.43. The van der Waals surface area contributed by atoms with Crippen molar-refractivity contribution in [3.05, 3.63) is 0 Å². The standard InChI is InChI=1S/C18H33BO2/c1-2-3-6-13-9-10-15-14(11-13)12-18(19(20)21)17-8-5-4-7-16(15)17/h13-18,20-21H,2-12H2,1H3. The topological polar surface area (TPSA) is 40.5 Å². The molecule has 0 heterocycles. The largest absolute Gasteiger partial charge is 0.455 e. The van der Waals surface area contributed by atoms with Gasteiger partial charge in [-0.05, 0) is 61.1 Å². The molecule has 2 N–H and O–H groups in total. The van der Waals surface area contributed by atoms with Crippen molar-refractivity contribution < 1.29 is 10.0 Å². The molecule has 0 amide bonds. The highest BCUT2D eigenvalue weighted by Crippen LogP contribution is 2.57. The van der Waals surface area contributed by atoms with Gasteiger partial charge in [-0.2, -0.15) is 0 Å². The van der Waals surface area contributed by atoms with Gasteiger partial charge in [-0.3, -0.25) is 0 Å². The van der Waals surface area contributed by atoms with E-state index in [4.69, 9.17) is 0 Å². The molecule has 3 rings (SSSR count). The molecule has 3 aliphatic carbocycles. The van der Waals surface area contributed by atoms with Crippen LogP contribution in [0.2, 0.25) is 5.82 Å². The van der Waals surface area contributed by atoms with E-state index >= 15 is 0 Å². The molecule has 3 saturated carbocycles. The zero-order chi connectivity index (χ0) is 14.8. The molecule has 0 saturated heterocycles. The lowest BCUT2D eigenvalue weighted by molar-refractivity contribution is 0.00391. The second kappa shape index (κ2) is 7.04. The third kappa shape index (κ3) is 3.34. The fourth-order valence-electron chi connectivity index (χ4n) is 6.09. The Hall–Kier alpha value is -0.0151. The fraction of sp³-hybridized carbons (Fsp3) is 1.00. The Bertz CT molecular complexity index is 333.